The van der Waals surface area contributed by atoms with Gasteiger partial charge in [0.1, 0.15) is 5.60 Å². The predicted molar refractivity (Wildman–Crippen MR) is 104 cm³/mol. The standard InChI is InChI=1S/C20H27N3O3S/c1-13-6-8-27-17(13)12-23-10-14-5-4-7-20(24,16(14)11-23)15-9-21-19(26-3)22-18(15)25-2/h6,8-9,14,16,24H,4-5,7,10-12H2,1-3H3. The van der Waals surface area contributed by atoms with Crippen molar-refractivity contribution < 1.29 is 14.6 Å². The van der Waals surface area contributed by atoms with Gasteiger partial charge in [0.05, 0.1) is 19.8 Å². The van der Waals surface area contributed by atoms with Gasteiger partial charge in [0.2, 0.25) is 5.88 Å². The van der Waals surface area contributed by atoms with Gasteiger partial charge in [0.15, 0.2) is 0 Å². The first-order valence-corrected chi connectivity index (χ1v) is 10.4. The fourth-order valence-electron chi connectivity index (χ4n) is 4.75. The number of hydrogen-bond donors (Lipinski definition) is 1. The average Bonchev–Trinajstić information content (AvgIpc) is 3.28. The minimum atomic E-state index is -0.959. The molecule has 0 radical (unpaired) electrons. The molecule has 6 nitrogen and oxygen atoms in total. The molecule has 2 aromatic rings. The Morgan fingerprint density at radius 3 is 2.89 bits per heavy atom. The first-order chi connectivity index (χ1) is 13.0. The number of rotatable bonds is 5. The van der Waals surface area contributed by atoms with Crippen molar-refractivity contribution in [1.29, 1.82) is 0 Å². The number of fused-ring (bicyclic) bond motifs is 1. The summed E-state index contributed by atoms with van der Waals surface area (Å²) in [6, 6.07) is 2.44. The Morgan fingerprint density at radius 1 is 1.33 bits per heavy atom. The zero-order valence-electron chi connectivity index (χ0n) is 16.1. The van der Waals surface area contributed by atoms with E-state index in [0.717, 1.165) is 32.5 Å². The maximum absolute atomic E-state index is 11.8. The molecule has 3 heterocycles. The maximum Gasteiger partial charge on any atom is 0.319 e. The van der Waals surface area contributed by atoms with Crippen LogP contribution in [0.2, 0.25) is 0 Å². The fraction of sp³-hybridized carbons (Fsp3) is 0.600. The number of hydrogen-bond acceptors (Lipinski definition) is 7. The number of ether oxygens (including phenoxy) is 2. The summed E-state index contributed by atoms with van der Waals surface area (Å²) in [7, 11) is 3.11. The second-order valence-corrected chi connectivity index (χ2v) is 8.68. The molecule has 2 aromatic heterocycles. The molecular weight excluding hydrogens is 362 g/mol. The van der Waals surface area contributed by atoms with E-state index in [1.165, 1.54) is 17.6 Å². The van der Waals surface area contributed by atoms with E-state index < -0.39 is 5.60 Å². The second-order valence-electron chi connectivity index (χ2n) is 7.68. The van der Waals surface area contributed by atoms with Crippen molar-refractivity contribution in [2.75, 3.05) is 27.3 Å². The molecule has 1 saturated heterocycles. The lowest BCUT2D eigenvalue weighted by Crippen LogP contribution is -2.43. The summed E-state index contributed by atoms with van der Waals surface area (Å²) in [5, 5.41) is 13.9. The van der Waals surface area contributed by atoms with Crippen LogP contribution >= 0.6 is 11.3 Å². The number of nitrogens with zero attached hydrogens (tertiary/aromatic N) is 3. The van der Waals surface area contributed by atoms with Crippen LogP contribution in [0, 0.1) is 18.8 Å². The van der Waals surface area contributed by atoms with Crippen LogP contribution in [-0.4, -0.2) is 47.3 Å². The van der Waals surface area contributed by atoms with Crippen molar-refractivity contribution in [2.24, 2.45) is 11.8 Å². The van der Waals surface area contributed by atoms with E-state index in [9.17, 15) is 5.11 Å². The van der Waals surface area contributed by atoms with Crippen molar-refractivity contribution in [3.05, 3.63) is 33.6 Å². The highest BCUT2D eigenvalue weighted by molar-refractivity contribution is 7.10. The molecule has 2 aliphatic rings. The van der Waals surface area contributed by atoms with E-state index in [2.05, 4.69) is 33.2 Å². The molecule has 27 heavy (non-hydrogen) atoms. The quantitative estimate of drug-likeness (QED) is 0.848. The second kappa shape index (κ2) is 7.37. The van der Waals surface area contributed by atoms with E-state index in [0.29, 0.717) is 23.8 Å². The van der Waals surface area contributed by atoms with Crippen LogP contribution in [0.3, 0.4) is 0 Å². The molecule has 3 atom stereocenters. The number of likely N-dealkylation sites (tertiary alicyclic amines) is 1. The minimum absolute atomic E-state index is 0.164. The third-order valence-corrected chi connectivity index (χ3v) is 7.18. The molecule has 2 fully saturated rings. The Hall–Kier alpha value is -1.70. The summed E-state index contributed by atoms with van der Waals surface area (Å²) < 4.78 is 10.6. The molecule has 146 valence electrons. The van der Waals surface area contributed by atoms with Crippen molar-refractivity contribution in [2.45, 2.75) is 38.3 Å². The van der Waals surface area contributed by atoms with Crippen molar-refractivity contribution in [3.8, 4) is 11.9 Å². The van der Waals surface area contributed by atoms with Gasteiger partial charge < -0.3 is 14.6 Å². The summed E-state index contributed by atoms with van der Waals surface area (Å²) in [6.45, 7) is 5.05. The molecule has 1 aliphatic heterocycles. The first-order valence-electron chi connectivity index (χ1n) is 9.48. The number of methoxy groups -OCH3 is 2. The van der Waals surface area contributed by atoms with Gasteiger partial charge in [0, 0.05) is 36.6 Å². The van der Waals surface area contributed by atoms with Gasteiger partial charge >= 0.3 is 6.01 Å². The fourth-order valence-corrected chi connectivity index (χ4v) is 5.70. The largest absolute Gasteiger partial charge is 0.481 e. The monoisotopic (exact) mass is 389 g/mol. The molecule has 1 N–H and O–H groups in total. The average molecular weight is 390 g/mol. The van der Waals surface area contributed by atoms with Gasteiger partial charge in [-0.05, 0) is 49.1 Å². The first kappa shape index (κ1) is 18.7. The summed E-state index contributed by atoms with van der Waals surface area (Å²) in [6.07, 6.45) is 4.55. The highest BCUT2D eigenvalue weighted by Crippen LogP contribution is 2.50. The predicted octanol–water partition coefficient (Wildman–Crippen LogP) is 2.98. The third-order valence-electron chi connectivity index (χ3n) is 6.17. The van der Waals surface area contributed by atoms with Crippen molar-refractivity contribution in [1.82, 2.24) is 14.9 Å². The van der Waals surface area contributed by atoms with Crippen molar-refractivity contribution in [3.63, 3.8) is 0 Å². The Bertz CT molecular complexity index is 812. The van der Waals surface area contributed by atoms with E-state index >= 15 is 0 Å². The van der Waals surface area contributed by atoms with Crippen LogP contribution in [0.1, 0.15) is 35.3 Å². The summed E-state index contributed by atoms with van der Waals surface area (Å²) in [5.41, 5.74) is 1.09. The molecule has 0 aromatic carbocycles. The Labute approximate surface area is 164 Å². The molecular formula is C20H27N3O3S. The summed E-state index contributed by atoms with van der Waals surface area (Å²) in [4.78, 5) is 12.5. The molecule has 0 spiro atoms. The molecule has 4 rings (SSSR count). The SMILES string of the molecule is COc1ncc(C2(O)CCCC3CN(Cc4sccc4C)CC32)c(OC)n1. The van der Waals surface area contributed by atoms with Gasteiger partial charge in [0.25, 0.3) is 0 Å². The molecule has 7 heteroatoms. The topological polar surface area (TPSA) is 67.7 Å². The molecule has 0 bridgehead atoms. The Morgan fingerprint density at radius 2 is 2.19 bits per heavy atom. The van der Waals surface area contributed by atoms with E-state index in [-0.39, 0.29) is 11.9 Å². The van der Waals surface area contributed by atoms with Crippen LogP contribution in [0.25, 0.3) is 0 Å². The Kier molecular flexibility index (Phi) is 5.09. The number of aromatic nitrogens is 2. The van der Waals surface area contributed by atoms with E-state index in [4.69, 9.17) is 9.47 Å². The lowest BCUT2D eigenvalue weighted by Gasteiger charge is -2.41. The minimum Gasteiger partial charge on any atom is -0.481 e. The summed E-state index contributed by atoms with van der Waals surface area (Å²) >= 11 is 1.82. The van der Waals surface area contributed by atoms with Gasteiger partial charge in [-0.1, -0.05) is 0 Å². The van der Waals surface area contributed by atoms with Crippen LogP contribution in [0.4, 0.5) is 0 Å². The van der Waals surface area contributed by atoms with Gasteiger partial charge in [-0.3, -0.25) is 4.90 Å². The smallest absolute Gasteiger partial charge is 0.319 e. The van der Waals surface area contributed by atoms with Gasteiger partial charge in [-0.25, -0.2) is 4.98 Å². The van der Waals surface area contributed by atoms with Crippen LogP contribution in [0.15, 0.2) is 17.6 Å². The van der Waals surface area contributed by atoms with Crippen LogP contribution in [0.5, 0.6) is 11.9 Å². The normalized spacial score (nSPS) is 28.1. The number of aryl methyl sites for hydroxylation is 1. The van der Waals surface area contributed by atoms with Crippen LogP contribution in [-0.2, 0) is 12.1 Å². The van der Waals surface area contributed by atoms with Gasteiger partial charge in [-0.2, -0.15) is 4.98 Å². The van der Waals surface area contributed by atoms with Gasteiger partial charge in [-0.15, -0.1) is 11.3 Å². The molecule has 1 aliphatic carbocycles. The highest BCUT2D eigenvalue weighted by Gasteiger charge is 2.51. The lowest BCUT2D eigenvalue weighted by molar-refractivity contribution is -0.0669. The van der Waals surface area contributed by atoms with Crippen molar-refractivity contribution >= 4 is 11.3 Å². The lowest BCUT2D eigenvalue weighted by atomic mass is 9.68. The zero-order valence-corrected chi connectivity index (χ0v) is 17.0. The number of aliphatic hydroxyl groups is 1. The van der Waals surface area contributed by atoms with Crippen LogP contribution < -0.4 is 9.47 Å². The van der Waals surface area contributed by atoms with E-state index in [1.54, 1.807) is 13.3 Å². The zero-order chi connectivity index (χ0) is 19.0. The maximum atomic E-state index is 11.8. The molecule has 1 saturated carbocycles. The Balaban J connectivity index is 1.61. The summed E-state index contributed by atoms with van der Waals surface area (Å²) in [5.74, 6) is 1.06. The molecule has 3 unspecified atom stereocenters. The number of thiophene rings is 1. The molecule has 0 amide bonds. The highest BCUT2D eigenvalue weighted by atomic mass is 32.1. The third kappa shape index (κ3) is 3.32. The van der Waals surface area contributed by atoms with E-state index in [1.807, 2.05) is 11.3 Å².